The van der Waals surface area contributed by atoms with E-state index in [9.17, 15) is 4.79 Å². The van der Waals surface area contributed by atoms with Crippen molar-refractivity contribution in [3.63, 3.8) is 0 Å². The summed E-state index contributed by atoms with van der Waals surface area (Å²) in [5.41, 5.74) is 7.26. The van der Waals surface area contributed by atoms with E-state index in [1.165, 1.54) is 10.4 Å². The highest BCUT2D eigenvalue weighted by molar-refractivity contribution is 7.10. The van der Waals surface area contributed by atoms with E-state index in [-0.39, 0.29) is 24.4 Å². The third-order valence-corrected chi connectivity index (χ3v) is 5.12. The molecule has 0 aromatic carbocycles. The summed E-state index contributed by atoms with van der Waals surface area (Å²) in [6.07, 6.45) is 5.41. The number of nitrogens with zero attached hydrogens (tertiary/aromatic N) is 1. The minimum Gasteiger partial charge on any atom is -0.341 e. The average Bonchev–Trinajstić information content (AvgIpc) is 2.86. The third-order valence-electron chi connectivity index (χ3n) is 4.12. The zero-order valence-electron chi connectivity index (χ0n) is 11.0. The van der Waals surface area contributed by atoms with Gasteiger partial charge in [0.25, 0.3) is 0 Å². The lowest BCUT2D eigenvalue weighted by molar-refractivity contribution is -0.134. The second kappa shape index (κ2) is 6.25. The van der Waals surface area contributed by atoms with E-state index in [0.29, 0.717) is 5.91 Å². The number of likely N-dealkylation sites (tertiary alicyclic amines) is 1. The summed E-state index contributed by atoms with van der Waals surface area (Å²) in [7, 11) is 0. The van der Waals surface area contributed by atoms with Gasteiger partial charge in [0.1, 0.15) is 0 Å². The van der Waals surface area contributed by atoms with Crippen LogP contribution in [0, 0.1) is 0 Å². The number of amides is 1. The molecule has 0 spiro atoms. The quantitative estimate of drug-likeness (QED) is 0.866. The van der Waals surface area contributed by atoms with Crippen molar-refractivity contribution >= 4 is 29.7 Å². The molecule has 1 saturated heterocycles. The van der Waals surface area contributed by atoms with Crippen molar-refractivity contribution in [1.82, 2.24) is 4.90 Å². The molecule has 0 radical (unpaired) electrons. The van der Waals surface area contributed by atoms with Gasteiger partial charge in [0, 0.05) is 24.0 Å². The topological polar surface area (TPSA) is 46.3 Å². The maximum atomic E-state index is 12.6. The molecule has 1 aromatic heterocycles. The molecular formula is C14H21ClN2OS. The summed E-state index contributed by atoms with van der Waals surface area (Å²) >= 11 is 1.80. The molecule has 2 aliphatic rings. The SMILES string of the molecule is Cl.NC1CCCN(C(=O)C2CCCc3sccc32)C1. The van der Waals surface area contributed by atoms with Crippen LogP contribution in [0.4, 0.5) is 0 Å². The number of aryl methyl sites for hydroxylation is 1. The number of halogens is 1. The first kappa shape index (κ1) is 14.8. The van der Waals surface area contributed by atoms with Crippen molar-refractivity contribution in [2.45, 2.75) is 44.1 Å². The predicted octanol–water partition coefficient (Wildman–Crippen LogP) is 2.54. The van der Waals surface area contributed by atoms with Gasteiger partial charge >= 0.3 is 0 Å². The normalized spacial score (nSPS) is 26.5. The van der Waals surface area contributed by atoms with Gasteiger partial charge < -0.3 is 10.6 Å². The second-order valence-electron chi connectivity index (χ2n) is 5.43. The van der Waals surface area contributed by atoms with Gasteiger partial charge in [-0.3, -0.25) is 4.79 Å². The number of piperidine rings is 1. The smallest absolute Gasteiger partial charge is 0.230 e. The largest absolute Gasteiger partial charge is 0.341 e. The monoisotopic (exact) mass is 300 g/mol. The van der Waals surface area contributed by atoms with E-state index >= 15 is 0 Å². The van der Waals surface area contributed by atoms with Crippen LogP contribution in [-0.4, -0.2) is 29.9 Å². The van der Waals surface area contributed by atoms with Crippen molar-refractivity contribution in [3.05, 3.63) is 21.9 Å². The van der Waals surface area contributed by atoms with Crippen molar-refractivity contribution in [1.29, 1.82) is 0 Å². The number of thiophene rings is 1. The molecule has 2 heterocycles. The highest BCUT2D eigenvalue weighted by Crippen LogP contribution is 2.36. The molecule has 106 valence electrons. The van der Waals surface area contributed by atoms with Gasteiger partial charge in [-0.05, 0) is 49.1 Å². The Labute approximate surface area is 124 Å². The van der Waals surface area contributed by atoms with Crippen LogP contribution in [0.1, 0.15) is 42.0 Å². The average molecular weight is 301 g/mol. The number of hydrogen-bond acceptors (Lipinski definition) is 3. The molecule has 2 atom stereocenters. The molecule has 0 bridgehead atoms. The number of carbonyl (C=O) groups excluding carboxylic acids is 1. The standard InChI is InChI=1S/C14H20N2OS.ClH/c15-10-3-2-7-16(9-10)14(17)12-4-1-5-13-11(12)6-8-18-13;/h6,8,10,12H,1-5,7,9,15H2;1H. The minimum atomic E-state index is 0. The molecule has 1 aliphatic carbocycles. The maximum absolute atomic E-state index is 12.6. The van der Waals surface area contributed by atoms with Gasteiger partial charge in [0.2, 0.25) is 5.91 Å². The van der Waals surface area contributed by atoms with E-state index in [1.54, 1.807) is 11.3 Å². The fraction of sp³-hybridized carbons (Fsp3) is 0.643. The summed E-state index contributed by atoms with van der Waals surface area (Å²) in [6, 6.07) is 2.32. The summed E-state index contributed by atoms with van der Waals surface area (Å²) in [5, 5.41) is 2.12. The number of rotatable bonds is 1. The molecule has 1 aromatic rings. The minimum absolute atomic E-state index is 0. The van der Waals surface area contributed by atoms with Gasteiger partial charge in [-0.1, -0.05) is 0 Å². The van der Waals surface area contributed by atoms with E-state index < -0.39 is 0 Å². The Morgan fingerprint density at radius 3 is 3.00 bits per heavy atom. The Morgan fingerprint density at radius 2 is 2.21 bits per heavy atom. The molecule has 3 nitrogen and oxygen atoms in total. The van der Waals surface area contributed by atoms with Crippen LogP contribution >= 0.6 is 23.7 Å². The van der Waals surface area contributed by atoms with Crippen molar-refractivity contribution in [2.75, 3.05) is 13.1 Å². The number of fused-ring (bicyclic) bond motifs is 1. The van der Waals surface area contributed by atoms with Crippen molar-refractivity contribution < 1.29 is 4.79 Å². The third kappa shape index (κ3) is 2.96. The molecule has 1 amide bonds. The highest BCUT2D eigenvalue weighted by atomic mass is 35.5. The van der Waals surface area contributed by atoms with Crippen LogP contribution < -0.4 is 5.73 Å². The first-order valence-corrected chi connectivity index (χ1v) is 7.74. The Balaban J connectivity index is 0.00000133. The van der Waals surface area contributed by atoms with Gasteiger partial charge in [0.15, 0.2) is 0 Å². The molecule has 1 fully saturated rings. The summed E-state index contributed by atoms with van der Waals surface area (Å²) in [5.74, 6) is 0.412. The Kier molecular flexibility index (Phi) is 4.87. The Bertz CT molecular complexity index is 448. The molecule has 1 aliphatic heterocycles. The summed E-state index contributed by atoms with van der Waals surface area (Å²) in [6.45, 7) is 1.64. The number of nitrogens with two attached hydrogens (primary N) is 1. The van der Waals surface area contributed by atoms with Crippen molar-refractivity contribution in [3.8, 4) is 0 Å². The maximum Gasteiger partial charge on any atom is 0.230 e. The predicted molar refractivity (Wildman–Crippen MR) is 81.0 cm³/mol. The lowest BCUT2D eigenvalue weighted by atomic mass is 9.86. The number of hydrogen-bond donors (Lipinski definition) is 1. The highest BCUT2D eigenvalue weighted by Gasteiger charge is 2.32. The Morgan fingerprint density at radius 1 is 1.37 bits per heavy atom. The van der Waals surface area contributed by atoms with E-state index in [2.05, 4.69) is 11.4 Å². The van der Waals surface area contributed by atoms with Gasteiger partial charge in [0.05, 0.1) is 5.92 Å². The van der Waals surface area contributed by atoms with Crippen LogP contribution in [-0.2, 0) is 11.2 Å². The summed E-state index contributed by atoms with van der Waals surface area (Å²) < 4.78 is 0. The molecule has 3 rings (SSSR count). The van der Waals surface area contributed by atoms with Gasteiger partial charge in [-0.25, -0.2) is 0 Å². The molecule has 19 heavy (non-hydrogen) atoms. The van der Waals surface area contributed by atoms with E-state index in [4.69, 9.17) is 5.73 Å². The molecule has 0 saturated carbocycles. The molecular weight excluding hydrogens is 280 g/mol. The molecule has 2 unspecified atom stereocenters. The lowest BCUT2D eigenvalue weighted by Gasteiger charge is -2.34. The van der Waals surface area contributed by atoms with Crippen LogP contribution in [0.2, 0.25) is 0 Å². The van der Waals surface area contributed by atoms with Crippen molar-refractivity contribution in [2.24, 2.45) is 5.73 Å². The molecule has 2 N–H and O–H groups in total. The zero-order chi connectivity index (χ0) is 12.5. The lowest BCUT2D eigenvalue weighted by Crippen LogP contribution is -2.47. The first-order valence-electron chi connectivity index (χ1n) is 6.86. The molecule has 5 heteroatoms. The van der Waals surface area contributed by atoms with Crippen LogP contribution in [0.3, 0.4) is 0 Å². The fourth-order valence-electron chi connectivity index (χ4n) is 3.17. The zero-order valence-corrected chi connectivity index (χ0v) is 12.6. The van der Waals surface area contributed by atoms with Gasteiger partial charge in [-0.2, -0.15) is 0 Å². The van der Waals surface area contributed by atoms with Crippen LogP contribution in [0.15, 0.2) is 11.4 Å². The van der Waals surface area contributed by atoms with Gasteiger partial charge in [-0.15, -0.1) is 23.7 Å². The first-order chi connectivity index (χ1) is 8.75. The van der Waals surface area contributed by atoms with Crippen LogP contribution in [0.25, 0.3) is 0 Å². The van der Waals surface area contributed by atoms with Crippen LogP contribution in [0.5, 0.6) is 0 Å². The van der Waals surface area contributed by atoms with E-state index in [0.717, 1.165) is 45.2 Å². The Hall–Kier alpha value is -0.580. The fourth-order valence-corrected chi connectivity index (χ4v) is 4.16. The van der Waals surface area contributed by atoms with E-state index in [1.807, 2.05) is 4.90 Å². The second-order valence-corrected chi connectivity index (χ2v) is 6.43. The summed E-state index contributed by atoms with van der Waals surface area (Å²) in [4.78, 5) is 16.0. The number of carbonyl (C=O) groups is 1.